The number of anilines is 3. The van der Waals surface area contributed by atoms with Gasteiger partial charge in [-0.1, -0.05) is 40.9 Å². The van der Waals surface area contributed by atoms with Gasteiger partial charge in [0.25, 0.3) is 17.7 Å². The lowest BCUT2D eigenvalue weighted by molar-refractivity contribution is -0.120. The maximum Gasteiger partial charge on any atom is 0.283 e. The fourth-order valence-corrected chi connectivity index (χ4v) is 4.07. The second kappa shape index (κ2) is 10.5. The summed E-state index contributed by atoms with van der Waals surface area (Å²) in [6.07, 6.45) is 0. The summed E-state index contributed by atoms with van der Waals surface area (Å²) >= 11 is 18.3. The number of hydrogen-bond acceptors (Lipinski definition) is 6. The average molecular weight is 547 g/mol. The molecule has 1 aliphatic heterocycles. The van der Waals surface area contributed by atoms with Crippen LogP contribution in [0, 0.1) is 0 Å². The molecule has 0 aromatic heterocycles. The lowest BCUT2D eigenvalue weighted by Crippen LogP contribution is -2.32. The molecule has 0 spiro atoms. The van der Waals surface area contributed by atoms with Gasteiger partial charge in [0.05, 0.1) is 25.6 Å². The Kier molecular flexibility index (Phi) is 7.40. The average Bonchev–Trinajstić information content (AvgIpc) is 3.07. The third kappa shape index (κ3) is 4.97. The van der Waals surface area contributed by atoms with Crippen molar-refractivity contribution in [2.75, 3.05) is 29.8 Å². The second-order valence-corrected chi connectivity index (χ2v) is 8.71. The van der Waals surface area contributed by atoms with E-state index < -0.39 is 17.7 Å². The van der Waals surface area contributed by atoms with Gasteiger partial charge in [0.15, 0.2) is 0 Å². The summed E-state index contributed by atoms with van der Waals surface area (Å²) in [5.74, 6) is -1.19. The van der Waals surface area contributed by atoms with Crippen LogP contribution < -0.4 is 25.0 Å². The Balaban J connectivity index is 1.58. The minimum atomic E-state index is -0.744. The van der Waals surface area contributed by atoms with Crippen molar-refractivity contribution in [2.45, 2.75) is 0 Å². The SMILES string of the molecule is COc1ccc(Cl)cc1NC(=O)c1cccc(NC2=C(Cl)C(=O)N(c3cc(Cl)ccc3OC)C2=O)c1. The molecule has 0 atom stereocenters. The van der Waals surface area contributed by atoms with Crippen molar-refractivity contribution in [3.8, 4) is 11.5 Å². The highest BCUT2D eigenvalue weighted by atomic mass is 35.5. The number of halogens is 3. The molecule has 0 bridgehead atoms. The second-order valence-electron chi connectivity index (χ2n) is 7.46. The molecule has 0 fully saturated rings. The third-order valence-corrected chi connectivity index (χ3v) is 6.03. The number of amides is 3. The number of benzene rings is 3. The Morgan fingerprint density at radius 3 is 2.19 bits per heavy atom. The van der Waals surface area contributed by atoms with Gasteiger partial charge in [-0.3, -0.25) is 14.4 Å². The monoisotopic (exact) mass is 545 g/mol. The normalized spacial score (nSPS) is 13.2. The van der Waals surface area contributed by atoms with Gasteiger partial charge in [0.2, 0.25) is 0 Å². The molecule has 3 aromatic carbocycles. The highest BCUT2D eigenvalue weighted by Gasteiger charge is 2.40. The number of carbonyl (C=O) groups excluding carboxylic acids is 3. The summed E-state index contributed by atoms with van der Waals surface area (Å²) in [6, 6.07) is 15.7. The summed E-state index contributed by atoms with van der Waals surface area (Å²) in [4.78, 5) is 39.8. The number of nitrogens with zero attached hydrogens (tertiary/aromatic N) is 1. The van der Waals surface area contributed by atoms with Crippen molar-refractivity contribution < 1.29 is 23.9 Å². The first-order valence-electron chi connectivity index (χ1n) is 10.4. The lowest BCUT2D eigenvalue weighted by atomic mass is 10.1. The van der Waals surface area contributed by atoms with Gasteiger partial charge in [-0.25, -0.2) is 4.90 Å². The van der Waals surface area contributed by atoms with E-state index in [0.29, 0.717) is 27.2 Å². The molecule has 8 nitrogen and oxygen atoms in total. The molecule has 4 rings (SSSR count). The van der Waals surface area contributed by atoms with Crippen molar-refractivity contribution in [1.29, 1.82) is 0 Å². The Bertz CT molecular complexity index is 1420. The molecule has 11 heteroatoms. The van der Waals surface area contributed by atoms with Crippen LogP contribution >= 0.6 is 34.8 Å². The van der Waals surface area contributed by atoms with E-state index in [9.17, 15) is 14.4 Å². The van der Waals surface area contributed by atoms with Crippen molar-refractivity contribution >= 4 is 69.6 Å². The summed E-state index contributed by atoms with van der Waals surface area (Å²) in [5, 5.41) is 6.00. The number of carbonyl (C=O) groups is 3. The van der Waals surface area contributed by atoms with Gasteiger partial charge in [-0.05, 0) is 54.6 Å². The first-order valence-corrected chi connectivity index (χ1v) is 11.5. The van der Waals surface area contributed by atoms with Crippen LogP contribution in [0.25, 0.3) is 0 Å². The van der Waals surface area contributed by atoms with E-state index in [1.165, 1.54) is 32.4 Å². The summed E-state index contributed by atoms with van der Waals surface area (Å²) in [5.41, 5.74) is 1.01. The van der Waals surface area contributed by atoms with Crippen LogP contribution in [-0.2, 0) is 9.59 Å². The molecule has 0 saturated heterocycles. The van der Waals surface area contributed by atoms with E-state index in [4.69, 9.17) is 44.3 Å². The van der Waals surface area contributed by atoms with Gasteiger partial charge >= 0.3 is 0 Å². The molecular formula is C25H18Cl3N3O5. The van der Waals surface area contributed by atoms with E-state index in [1.807, 2.05) is 0 Å². The Labute approximate surface area is 221 Å². The molecule has 1 heterocycles. The van der Waals surface area contributed by atoms with Crippen LogP contribution in [0.5, 0.6) is 11.5 Å². The number of rotatable bonds is 7. The van der Waals surface area contributed by atoms with Crippen LogP contribution in [0.3, 0.4) is 0 Å². The first kappa shape index (κ1) is 25.4. The number of ether oxygens (including phenoxy) is 2. The highest BCUT2D eigenvalue weighted by Crippen LogP contribution is 2.37. The van der Waals surface area contributed by atoms with Gasteiger partial charge in [0, 0.05) is 21.3 Å². The zero-order chi connectivity index (χ0) is 26.0. The molecule has 36 heavy (non-hydrogen) atoms. The van der Waals surface area contributed by atoms with Crippen molar-refractivity contribution in [3.63, 3.8) is 0 Å². The fourth-order valence-electron chi connectivity index (χ4n) is 3.52. The van der Waals surface area contributed by atoms with E-state index in [0.717, 1.165) is 4.90 Å². The maximum absolute atomic E-state index is 13.2. The van der Waals surface area contributed by atoms with Crippen LogP contribution in [0.2, 0.25) is 10.0 Å². The first-order chi connectivity index (χ1) is 17.2. The van der Waals surface area contributed by atoms with Crippen LogP contribution in [0.1, 0.15) is 10.4 Å². The zero-order valence-electron chi connectivity index (χ0n) is 18.9. The number of hydrogen-bond donors (Lipinski definition) is 2. The maximum atomic E-state index is 13.2. The summed E-state index contributed by atoms with van der Waals surface area (Å²) < 4.78 is 10.5. The van der Waals surface area contributed by atoms with Crippen LogP contribution in [0.4, 0.5) is 17.1 Å². The predicted molar refractivity (Wildman–Crippen MR) is 139 cm³/mol. The molecule has 3 amide bonds. The number of imide groups is 1. The minimum Gasteiger partial charge on any atom is -0.495 e. The molecule has 0 saturated carbocycles. The summed E-state index contributed by atoms with van der Waals surface area (Å²) in [6.45, 7) is 0. The van der Waals surface area contributed by atoms with Crippen molar-refractivity contribution in [3.05, 3.63) is 87.0 Å². The lowest BCUT2D eigenvalue weighted by Gasteiger charge is -2.18. The van der Waals surface area contributed by atoms with Gasteiger partial charge in [0.1, 0.15) is 22.2 Å². The van der Waals surface area contributed by atoms with Crippen molar-refractivity contribution in [1.82, 2.24) is 0 Å². The minimum absolute atomic E-state index is 0.151. The van der Waals surface area contributed by atoms with E-state index >= 15 is 0 Å². The summed E-state index contributed by atoms with van der Waals surface area (Å²) in [7, 11) is 2.88. The Hall–Kier alpha value is -3.72. The molecule has 0 unspecified atom stereocenters. The fraction of sp³-hybridized carbons (Fsp3) is 0.0800. The molecule has 1 aliphatic rings. The Morgan fingerprint density at radius 2 is 1.50 bits per heavy atom. The predicted octanol–water partition coefficient (Wildman–Crippen LogP) is 5.70. The van der Waals surface area contributed by atoms with E-state index in [1.54, 1.807) is 42.5 Å². The molecule has 0 aliphatic carbocycles. The highest BCUT2D eigenvalue weighted by molar-refractivity contribution is 6.53. The standard InChI is InChI=1S/C25H18Cl3N3O5/c1-35-19-8-6-14(26)11-17(19)30-23(32)13-4-3-5-16(10-13)29-22-21(28)24(33)31(25(22)34)18-12-15(27)7-9-20(18)36-2/h3-12,29H,1-2H3,(H,30,32). The van der Waals surface area contributed by atoms with Gasteiger partial charge < -0.3 is 20.1 Å². The van der Waals surface area contributed by atoms with Crippen molar-refractivity contribution in [2.24, 2.45) is 0 Å². The topological polar surface area (TPSA) is 97.0 Å². The van der Waals surface area contributed by atoms with Gasteiger partial charge in [-0.2, -0.15) is 0 Å². The number of methoxy groups -OCH3 is 2. The van der Waals surface area contributed by atoms with E-state index in [2.05, 4.69) is 10.6 Å². The molecule has 184 valence electrons. The quantitative estimate of drug-likeness (QED) is 0.369. The zero-order valence-corrected chi connectivity index (χ0v) is 21.2. The number of nitrogens with one attached hydrogen (secondary N) is 2. The molecule has 3 aromatic rings. The van der Waals surface area contributed by atoms with E-state index in [-0.39, 0.29) is 27.7 Å². The van der Waals surface area contributed by atoms with Crippen LogP contribution in [0.15, 0.2) is 71.4 Å². The van der Waals surface area contributed by atoms with Crippen LogP contribution in [-0.4, -0.2) is 31.9 Å². The largest absolute Gasteiger partial charge is 0.495 e. The van der Waals surface area contributed by atoms with Gasteiger partial charge in [-0.15, -0.1) is 0 Å². The Morgan fingerprint density at radius 1 is 0.833 bits per heavy atom. The third-order valence-electron chi connectivity index (χ3n) is 5.21. The molecule has 0 radical (unpaired) electrons. The molecule has 2 N–H and O–H groups in total. The smallest absolute Gasteiger partial charge is 0.283 e. The molecular weight excluding hydrogens is 529 g/mol.